The number of hydrogen-bond acceptors (Lipinski definition) is 3. The molecule has 0 atom stereocenters. The maximum absolute atomic E-state index is 9.51. The molecule has 0 spiro atoms. The lowest BCUT2D eigenvalue weighted by Gasteiger charge is -1.84. The van der Waals surface area contributed by atoms with Crippen LogP contribution in [0.25, 0.3) is 0 Å². The van der Waals surface area contributed by atoms with Gasteiger partial charge in [-0.25, -0.2) is 5.48 Å². The molecular weight excluding hydrogens is 86.0 g/mol. The van der Waals surface area contributed by atoms with Crippen molar-refractivity contribution in [3.05, 3.63) is 6.61 Å². The van der Waals surface area contributed by atoms with Gasteiger partial charge in [0.25, 0.3) is 5.91 Å². The summed E-state index contributed by atoms with van der Waals surface area (Å²) in [7, 11) is 0. The first-order chi connectivity index (χ1) is 2.81. The second-order valence-electron chi connectivity index (χ2n) is 0.605. The van der Waals surface area contributed by atoms with Gasteiger partial charge in [0.1, 0.15) is 0 Å². The van der Waals surface area contributed by atoms with Crippen molar-refractivity contribution < 1.29 is 15.1 Å². The molecule has 0 fully saturated rings. The van der Waals surface area contributed by atoms with E-state index in [9.17, 15) is 4.79 Å². The number of nitrogens with one attached hydrogen (secondary N) is 1. The van der Waals surface area contributed by atoms with Gasteiger partial charge in [0.2, 0.25) is 0 Å². The van der Waals surface area contributed by atoms with Gasteiger partial charge >= 0.3 is 0 Å². The van der Waals surface area contributed by atoms with Gasteiger partial charge in [0.15, 0.2) is 6.61 Å². The zero-order chi connectivity index (χ0) is 4.99. The number of aliphatic hydroxyl groups is 1. The zero-order valence-corrected chi connectivity index (χ0v) is 2.88. The Hall–Kier alpha value is -0.610. The Labute approximate surface area is 34.4 Å². The van der Waals surface area contributed by atoms with E-state index in [1.807, 2.05) is 0 Å². The van der Waals surface area contributed by atoms with Gasteiger partial charge in [-0.2, -0.15) is 0 Å². The average Bonchev–Trinajstić information content (AvgIpc) is 1.65. The number of rotatable bonds is 1. The molecule has 0 bridgehead atoms. The van der Waals surface area contributed by atoms with Gasteiger partial charge in [0.05, 0.1) is 0 Å². The smallest absolute Gasteiger partial charge is 0.275 e. The Kier molecular flexibility index (Phi) is 2.35. The normalized spacial score (nSPS) is 7.67. The van der Waals surface area contributed by atoms with Crippen molar-refractivity contribution in [2.24, 2.45) is 0 Å². The van der Waals surface area contributed by atoms with Crippen molar-refractivity contribution >= 4 is 5.91 Å². The minimum Gasteiger partial charge on any atom is -0.380 e. The number of hydrogen-bond donors (Lipinski definition) is 3. The van der Waals surface area contributed by atoms with Gasteiger partial charge in [-0.3, -0.25) is 10.0 Å². The van der Waals surface area contributed by atoms with E-state index in [1.165, 1.54) is 5.48 Å². The molecule has 0 saturated carbocycles. The average molecular weight is 90.1 g/mol. The maximum Gasteiger partial charge on any atom is 0.275 e. The molecule has 1 radical (unpaired) electrons. The van der Waals surface area contributed by atoms with E-state index in [0.29, 0.717) is 0 Å². The Morgan fingerprint density at radius 1 is 1.83 bits per heavy atom. The third-order valence-corrected chi connectivity index (χ3v) is 0.227. The largest absolute Gasteiger partial charge is 0.380 e. The molecule has 4 heteroatoms. The van der Waals surface area contributed by atoms with Crippen LogP contribution < -0.4 is 5.48 Å². The minimum absolute atomic E-state index is 0.222. The fraction of sp³-hybridized carbons (Fsp3) is 0. The standard InChI is InChI=1S/C2H4NO3/c4-1-2(5)3-6/h1,4,6H,(H,3,5). The first-order valence-electron chi connectivity index (χ1n) is 1.22. The van der Waals surface area contributed by atoms with Crippen LogP contribution in [0.1, 0.15) is 0 Å². The summed E-state index contributed by atoms with van der Waals surface area (Å²) in [5.74, 6) is -0.921. The fourth-order valence-corrected chi connectivity index (χ4v) is 0.0289. The fourth-order valence-electron chi connectivity index (χ4n) is 0.0289. The van der Waals surface area contributed by atoms with Gasteiger partial charge < -0.3 is 5.11 Å². The monoisotopic (exact) mass is 90.0 g/mol. The van der Waals surface area contributed by atoms with Crippen molar-refractivity contribution in [1.29, 1.82) is 0 Å². The zero-order valence-electron chi connectivity index (χ0n) is 2.88. The summed E-state index contributed by atoms with van der Waals surface area (Å²) in [5, 5.41) is 15.2. The Morgan fingerprint density at radius 3 is 2.33 bits per heavy atom. The molecule has 0 aliphatic rings. The predicted octanol–water partition coefficient (Wildman–Crippen LogP) is -0.974. The molecule has 0 heterocycles. The summed E-state index contributed by atoms with van der Waals surface area (Å²) < 4.78 is 0. The summed E-state index contributed by atoms with van der Waals surface area (Å²) in [6.45, 7) is 0.222. The Bertz CT molecular complexity index is 46.8. The van der Waals surface area contributed by atoms with Crippen LogP contribution in [0.3, 0.4) is 0 Å². The molecule has 4 nitrogen and oxygen atoms in total. The van der Waals surface area contributed by atoms with E-state index < -0.39 is 5.91 Å². The lowest BCUT2D eigenvalue weighted by atomic mass is 10.7. The third kappa shape index (κ3) is 1.68. The molecule has 0 saturated heterocycles. The van der Waals surface area contributed by atoms with Crippen molar-refractivity contribution in [3.63, 3.8) is 0 Å². The summed E-state index contributed by atoms with van der Waals surface area (Å²) in [6.07, 6.45) is 0. The van der Waals surface area contributed by atoms with Crippen LogP contribution in [0, 0.1) is 6.61 Å². The van der Waals surface area contributed by atoms with Gasteiger partial charge in [-0.1, -0.05) is 0 Å². The van der Waals surface area contributed by atoms with Gasteiger partial charge in [0, 0.05) is 0 Å². The minimum atomic E-state index is -0.921. The van der Waals surface area contributed by atoms with Gasteiger partial charge in [-0.15, -0.1) is 0 Å². The molecule has 6 heavy (non-hydrogen) atoms. The number of hydroxylamine groups is 1. The molecule has 0 aliphatic heterocycles. The highest BCUT2D eigenvalue weighted by atomic mass is 16.5. The van der Waals surface area contributed by atoms with Crippen LogP contribution in [0.2, 0.25) is 0 Å². The Balaban J connectivity index is 2.99. The molecule has 35 valence electrons. The highest BCUT2D eigenvalue weighted by molar-refractivity contribution is 5.81. The van der Waals surface area contributed by atoms with E-state index in [0.717, 1.165) is 0 Å². The molecule has 0 unspecified atom stereocenters. The lowest BCUT2D eigenvalue weighted by Crippen LogP contribution is -2.17. The quantitative estimate of drug-likeness (QED) is 0.286. The number of carbonyl (C=O) groups excluding carboxylic acids is 1. The second-order valence-corrected chi connectivity index (χ2v) is 0.605. The SMILES string of the molecule is O=C([CH]O)NO. The first kappa shape index (κ1) is 5.39. The van der Waals surface area contributed by atoms with Gasteiger partial charge in [-0.05, 0) is 0 Å². The maximum atomic E-state index is 9.51. The second kappa shape index (κ2) is 2.62. The summed E-state index contributed by atoms with van der Waals surface area (Å²) >= 11 is 0. The van der Waals surface area contributed by atoms with Crippen LogP contribution in [0.5, 0.6) is 0 Å². The van der Waals surface area contributed by atoms with Crippen LogP contribution in [-0.2, 0) is 4.79 Å². The summed E-state index contributed by atoms with van der Waals surface area (Å²) in [6, 6.07) is 0. The van der Waals surface area contributed by atoms with E-state index >= 15 is 0 Å². The Morgan fingerprint density at radius 2 is 2.33 bits per heavy atom. The topological polar surface area (TPSA) is 69.6 Å². The summed E-state index contributed by atoms with van der Waals surface area (Å²) in [5.41, 5.74) is 1.17. The van der Waals surface area contributed by atoms with E-state index in [-0.39, 0.29) is 6.61 Å². The van der Waals surface area contributed by atoms with Crippen molar-refractivity contribution in [2.45, 2.75) is 0 Å². The van der Waals surface area contributed by atoms with E-state index in [1.54, 1.807) is 0 Å². The molecule has 3 N–H and O–H groups in total. The highest BCUT2D eigenvalue weighted by Gasteiger charge is 1.89. The molecule has 1 amide bonds. The van der Waals surface area contributed by atoms with Crippen LogP contribution in [-0.4, -0.2) is 16.2 Å². The van der Waals surface area contributed by atoms with Crippen molar-refractivity contribution in [1.82, 2.24) is 5.48 Å². The predicted molar refractivity (Wildman–Crippen MR) is 16.2 cm³/mol. The number of carbonyl (C=O) groups is 1. The van der Waals surface area contributed by atoms with E-state index in [2.05, 4.69) is 0 Å². The number of amides is 1. The van der Waals surface area contributed by atoms with Crippen LogP contribution >= 0.6 is 0 Å². The molecule has 0 rings (SSSR count). The third-order valence-electron chi connectivity index (χ3n) is 0.227. The molecule has 0 aromatic heterocycles. The lowest BCUT2D eigenvalue weighted by molar-refractivity contribution is -0.128. The van der Waals surface area contributed by atoms with Crippen LogP contribution in [0.15, 0.2) is 0 Å². The van der Waals surface area contributed by atoms with Crippen molar-refractivity contribution in [2.75, 3.05) is 0 Å². The number of aliphatic hydroxyl groups excluding tert-OH is 1. The van der Waals surface area contributed by atoms with E-state index in [4.69, 9.17) is 10.3 Å². The molecule has 0 aromatic carbocycles. The molecule has 0 aliphatic carbocycles. The van der Waals surface area contributed by atoms with Crippen molar-refractivity contribution in [3.8, 4) is 0 Å². The summed E-state index contributed by atoms with van der Waals surface area (Å²) in [4.78, 5) is 9.51. The molecular formula is C2H4NO3. The first-order valence-corrected chi connectivity index (χ1v) is 1.22. The molecule has 0 aromatic rings. The van der Waals surface area contributed by atoms with Crippen LogP contribution in [0.4, 0.5) is 0 Å². The highest BCUT2D eigenvalue weighted by Crippen LogP contribution is 1.60.